The number of aliphatic hydroxyl groups excluding tert-OH is 5. The molecular formula is C72H125NO8. The maximum absolute atomic E-state index is 13.1. The van der Waals surface area contributed by atoms with Crippen LogP contribution in [0.1, 0.15) is 284 Å². The lowest BCUT2D eigenvalue weighted by atomic mass is 9.99. The fourth-order valence-electron chi connectivity index (χ4n) is 10.2. The van der Waals surface area contributed by atoms with Gasteiger partial charge in [-0.15, -0.1) is 0 Å². The summed E-state index contributed by atoms with van der Waals surface area (Å²) in [6.45, 7) is 3.74. The Labute approximate surface area is 497 Å². The number of hydrogen-bond acceptors (Lipinski definition) is 8. The van der Waals surface area contributed by atoms with Crippen LogP contribution in [0.15, 0.2) is 109 Å². The first-order valence-corrected chi connectivity index (χ1v) is 33.6. The van der Waals surface area contributed by atoms with Gasteiger partial charge in [0.2, 0.25) is 5.91 Å². The van der Waals surface area contributed by atoms with Crippen LogP contribution < -0.4 is 5.32 Å². The van der Waals surface area contributed by atoms with Gasteiger partial charge >= 0.3 is 0 Å². The van der Waals surface area contributed by atoms with E-state index in [-0.39, 0.29) is 12.5 Å². The summed E-state index contributed by atoms with van der Waals surface area (Å²) in [4.78, 5) is 13.1. The highest BCUT2D eigenvalue weighted by Gasteiger charge is 2.44. The van der Waals surface area contributed by atoms with E-state index in [0.717, 1.165) is 109 Å². The van der Waals surface area contributed by atoms with Crippen molar-refractivity contribution in [3.8, 4) is 0 Å². The molecular weight excluding hydrogens is 1010 g/mol. The van der Waals surface area contributed by atoms with Gasteiger partial charge in [-0.05, 0) is 83.5 Å². The number of ether oxygens (including phenoxy) is 2. The highest BCUT2D eigenvalue weighted by molar-refractivity contribution is 5.76. The van der Waals surface area contributed by atoms with Crippen molar-refractivity contribution in [2.45, 2.75) is 326 Å². The molecule has 1 heterocycles. The zero-order valence-corrected chi connectivity index (χ0v) is 52.0. The van der Waals surface area contributed by atoms with Crippen molar-refractivity contribution in [3.05, 3.63) is 109 Å². The van der Waals surface area contributed by atoms with E-state index in [2.05, 4.69) is 129 Å². The van der Waals surface area contributed by atoms with Gasteiger partial charge in [0.25, 0.3) is 0 Å². The molecule has 0 aromatic rings. The van der Waals surface area contributed by atoms with Gasteiger partial charge in [0.1, 0.15) is 24.4 Å². The molecule has 0 aromatic carbocycles. The highest BCUT2D eigenvalue weighted by atomic mass is 16.7. The number of unbranched alkanes of at least 4 members (excludes halogenated alkanes) is 29. The standard InChI is InChI=1S/C72H125NO8/c1-3-5-7-9-11-13-15-17-19-21-23-25-27-28-29-30-31-32-33-34-35-36-37-38-40-42-44-46-48-50-52-54-56-58-60-62-68(76)73-65(64-80-72-71(79)70(78)69(77)67(63-74)81-72)66(75)61-59-57-55-53-51-49-47-45-43-41-39-26-24-22-20-18-16-14-12-10-8-6-4-2/h5,7,11,13,17,19,23,25,28-29,31-32,34-35,37-38,42,44,65-67,69-72,74-75,77-79H,3-4,6,8-10,12,14-16,18,20-22,24,26-27,30,33,36,39-41,43,45-64H2,1-2H3,(H,73,76)/b7-5-,13-11-,19-17-,25-23-,29-28-,32-31-,35-34-,38-37-,44-42-. The Morgan fingerprint density at radius 1 is 0.432 bits per heavy atom. The Hall–Kier alpha value is -3.15. The van der Waals surface area contributed by atoms with Crippen molar-refractivity contribution in [3.63, 3.8) is 0 Å². The summed E-state index contributed by atoms with van der Waals surface area (Å²) in [6.07, 6.45) is 81.3. The van der Waals surface area contributed by atoms with E-state index in [4.69, 9.17) is 9.47 Å². The van der Waals surface area contributed by atoms with E-state index in [1.807, 2.05) is 0 Å². The molecule has 1 aliphatic heterocycles. The molecule has 7 atom stereocenters. The van der Waals surface area contributed by atoms with Crippen LogP contribution in [-0.4, -0.2) is 87.5 Å². The van der Waals surface area contributed by atoms with Crippen molar-refractivity contribution >= 4 is 5.91 Å². The van der Waals surface area contributed by atoms with E-state index in [1.54, 1.807) is 0 Å². The molecule has 0 aromatic heterocycles. The van der Waals surface area contributed by atoms with Crippen LogP contribution in [0, 0.1) is 0 Å². The molecule has 7 unspecified atom stereocenters. The van der Waals surface area contributed by atoms with E-state index in [0.29, 0.717) is 12.8 Å². The molecule has 81 heavy (non-hydrogen) atoms. The average molecular weight is 1130 g/mol. The summed E-state index contributed by atoms with van der Waals surface area (Å²) in [5.41, 5.74) is 0. The zero-order valence-electron chi connectivity index (χ0n) is 52.0. The minimum absolute atomic E-state index is 0.148. The summed E-state index contributed by atoms with van der Waals surface area (Å²) < 4.78 is 11.3. The molecule has 466 valence electrons. The summed E-state index contributed by atoms with van der Waals surface area (Å²) in [5.74, 6) is -0.157. The molecule has 0 aliphatic carbocycles. The second-order valence-corrected chi connectivity index (χ2v) is 22.9. The van der Waals surface area contributed by atoms with Crippen LogP contribution in [0.25, 0.3) is 0 Å². The number of hydrogen-bond donors (Lipinski definition) is 6. The SMILES string of the molecule is CC/C=C\C/C=C\C/C=C\C/C=C\C/C=C\C/C=C\C/C=C\C/C=C\C/C=C\CCCCCCCCCC(=O)NC(COC1OC(CO)C(O)C(O)C1O)C(O)CCCCCCCCCCCCCCCCCCCCCCCCC. The van der Waals surface area contributed by atoms with Gasteiger partial charge in [-0.3, -0.25) is 4.79 Å². The number of allylic oxidation sites excluding steroid dienone is 18. The van der Waals surface area contributed by atoms with Gasteiger partial charge in [-0.25, -0.2) is 0 Å². The topological polar surface area (TPSA) is 149 Å². The predicted molar refractivity (Wildman–Crippen MR) is 345 cm³/mol. The molecule has 1 rings (SSSR count). The van der Waals surface area contributed by atoms with E-state index in [9.17, 15) is 30.3 Å². The van der Waals surface area contributed by atoms with Crippen LogP contribution in [0.2, 0.25) is 0 Å². The number of rotatable bonds is 57. The fourth-order valence-corrected chi connectivity index (χ4v) is 10.2. The van der Waals surface area contributed by atoms with Crippen molar-refractivity contribution in [2.24, 2.45) is 0 Å². The molecule has 0 radical (unpaired) electrons. The zero-order chi connectivity index (χ0) is 58.6. The Morgan fingerprint density at radius 2 is 0.765 bits per heavy atom. The smallest absolute Gasteiger partial charge is 0.220 e. The first kappa shape index (κ1) is 75.9. The predicted octanol–water partition coefficient (Wildman–Crippen LogP) is 18.1. The number of aliphatic hydroxyl groups is 5. The summed E-state index contributed by atoms with van der Waals surface area (Å²) >= 11 is 0. The number of carbonyl (C=O) groups excluding carboxylic acids is 1. The van der Waals surface area contributed by atoms with E-state index in [1.165, 1.54) is 148 Å². The Balaban J connectivity index is 2.17. The van der Waals surface area contributed by atoms with Gasteiger partial charge in [-0.2, -0.15) is 0 Å². The third-order valence-corrected chi connectivity index (χ3v) is 15.4. The Kier molecular flexibility index (Phi) is 56.2. The molecule has 1 saturated heterocycles. The fraction of sp³-hybridized carbons (Fsp3) is 0.736. The van der Waals surface area contributed by atoms with Crippen molar-refractivity contribution < 1.29 is 39.8 Å². The lowest BCUT2D eigenvalue weighted by Crippen LogP contribution is -2.60. The first-order chi connectivity index (χ1) is 39.8. The van der Waals surface area contributed by atoms with Crippen molar-refractivity contribution in [1.82, 2.24) is 5.32 Å². The van der Waals surface area contributed by atoms with Gasteiger partial charge in [0.15, 0.2) is 6.29 Å². The van der Waals surface area contributed by atoms with Gasteiger partial charge in [-0.1, -0.05) is 303 Å². The third-order valence-electron chi connectivity index (χ3n) is 15.4. The first-order valence-electron chi connectivity index (χ1n) is 33.6. The number of nitrogens with one attached hydrogen (secondary N) is 1. The van der Waals surface area contributed by atoms with Crippen molar-refractivity contribution in [2.75, 3.05) is 13.2 Å². The molecule has 6 N–H and O–H groups in total. The number of carbonyl (C=O) groups is 1. The van der Waals surface area contributed by atoms with Crippen LogP contribution in [-0.2, 0) is 14.3 Å². The van der Waals surface area contributed by atoms with Crippen LogP contribution in [0.4, 0.5) is 0 Å². The molecule has 0 saturated carbocycles. The number of amides is 1. The van der Waals surface area contributed by atoms with Crippen LogP contribution in [0.3, 0.4) is 0 Å². The van der Waals surface area contributed by atoms with E-state index >= 15 is 0 Å². The quantitative estimate of drug-likeness (QED) is 0.0261. The minimum Gasteiger partial charge on any atom is -0.394 e. The van der Waals surface area contributed by atoms with Gasteiger partial charge in [0, 0.05) is 6.42 Å². The van der Waals surface area contributed by atoms with Crippen LogP contribution in [0.5, 0.6) is 0 Å². The summed E-state index contributed by atoms with van der Waals surface area (Å²) in [5, 5.41) is 54.9. The molecule has 1 fully saturated rings. The molecule has 0 bridgehead atoms. The third kappa shape index (κ3) is 48.9. The maximum atomic E-state index is 13.1. The van der Waals surface area contributed by atoms with Gasteiger partial charge < -0.3 is 40.3 Å². The second-order valence-electron chi connectivity index (χ2n) is 22.9. The Morgan fingerprint density at radius 3 is 1.14 bits per heavy atom. The highest BCUT2D eigenvalue weighted by Crippen LogP contribution is 2.23. The second kappa shape index (κ2) is 60.0. The lowest BCUT2D eigenvalue weighted by Gasteiger charge is -2.40. The van der Waals surface area contributed by atoms with E-state index < -0.39 is 49.5 Å². The molecule has 9 heteroatoms. The largest absolute Gasteiger partial charge is 0.394 e. The summed E-state index contributed by atoms with van der Waals surface area (Å²) in [7, 11) is 0. The van der Waals surface area contributed by atoms with Crippen LogP contribution >= 0.6 is 0 Å². The molecule has 0 spiro atoms. The summed E-state index contributed by atoms with van der Waals surface area (Å²) in [6, 6.07) is -0.734. The van der Waals surface area contributed by atoms with Gasteiger partial charge in [0.05, 0.1) is 25.4 Å². The normalized spacial score (nSPS) is 19.1. The minimum atomic E-state index is -1.56. The lowest BCUT2D eigenvalue weighted by molar-refractivity contribution is -0.302. The monoisotopic (exact) mass is 1130 g/mol. The van der Waals surface area contributed by atoms with Crippen molar-refractivity contribution in [1.29, 1.82) is 0 Å². The molecule has 1 amide bonds. The average Bonchev–Trinajstić information content (AvgIpc) is 3.48. The molecule has 1 aliphatic rings. The molecule has 9 nitrogen and oxygen atoms in total. The Bertz CT molecular complexity index is 1640. The maximum Gasteiger partial charge on any atom is 0.220 e.